The van der Waals surface area contributed by atoms with Crippen LogP contribution in [0.1, 0.15) is 24.4 Å². The number of aryl methyl sites for hydroxylation is 1. The van der Waals surface area contributed by atoms with Crippen molar-refractivity contribution in [3.63, 3.8) is 0 Å². The monoisotopic (exact) mass is 236 g/mol. The normalized spacial score (nSPS) is 12.7. The van der Waals surface area contributed by atoms with Crippen LogP contribution in [0, 0.1) is 6.92 Å². The third kappa shape index (κ3) is 2.59. The third-order valence-electron chi connectivity index (χ3n) is 1.98. The van der Waals surface area contributed by atoms with Crippen LogP contribution in [0.3, 0.4) is 0 Å². The second kappa shape index (κ2) is 4.63. The van der Waals surface area contributed by atoms with Crippen LogP contribution >= 0.6 is 11.8 Å². The summed E-state index contributed by atoms with van der Waals surface area (Å²) in [5.74, 6) is 0.547. The molecule has 0 spiro atoms. The van der Waals surface area contributed by atoms with Gasteiger partial charge in [0.25, 0.3) is 5.22 Å². The van der Waals surface area contributed by atoms with E-state index in [-0.39, 0.29) is 6.04 Å². The van der Waals surface area contributed by atoms with E-state index in [1.54, 1.807) is 13.1 Å². The zero-order chi connectivity index (χ0) is 11.5. The quantitative estimate of drug-likeness (QED) is 0.877. The van der Waals surface area contributed by atoms with Crippen molar-refractivity contribution < 1.29 is 4.42 Å². The van der Waals surface area contributed by atoms with Crippen molar-refractivity contribution in [1.29, 1.82) is 0 Å². The summed E-state index contributed by atoms with van der Waals surface area (Å²) in [6, 6.07) is 3.81. The highest BCUT2D eigenvalue weighted by molar-refractivity contribution is 7.99. The van der Waals surface area contributed by atoms with Crippen molar-refractivity contribution in [3.8, 4) is 0 Å². The smallest absolute Gasteiger partial charge is 0.282 e. The second-order valence-electron chi connectivity index (χ2n) is 3.41. The minimum atomic E-state index is -0.00762. The summed E-state index contributed by atoms with van der Waals surface area (Å²) in [5, 5.41) is 8.94. The van der Waals surface area contributed by atoms with Crippen molar-refractivity contribution in [2.75, 3.05) is 0 Å². The number of rotatable bonds is 3. The lowest BCUT2D eigenvalue weighted by Gasteiger charge is -2.05. The lowest BCUT2D eigenvalue weighted by Crippen LogP contribution is -2.04. The van der Waals surface area contributed by atoms with Crippen LogP contribution in [0.5, 0.6) is 0 Å². The molecule has 0 unspecified atom stereocenters. The molecule has 0 aliphatic carbocycles. The fourth-order valence-electron chi connectivity index (χ4n) is 1.17. The minimum absolute atomic E-state index is 0.00762. The summed E-state index contributed by atoms with van der Waals surface area (Å²) in [7, 11) is 0. The largest absolute Gasteiger partial charge is 0.416 e. The van der Waals surface area contributed by atoms with Gasteiger partial charge in [-0.3, -0.25) is 0 Å². The maximum absolute atomic E-state index is 5.79. The predicted octanol–water partition coefficient (Wildman–Crippen LogP) is 1.94. The van der Waals surface area contributed by atoms with Gasteiger partial charge in [0.2, 0.25) is 5.89 Å². The van der Waals surface area contributed by atoms with Crippen molar-refractivity contribution >= 4 is 11.8 Å². The first-order valence-electron chi connectivity index (χ1n) is 4.84. The number of hydrogen-bond acceptors (Lipinski definition) is 6. The fourth-order valence-corrected chi connectivity index (χ4v) is 1.90. The maximum Gasteiger partial charge on any atom is 0.282 e. The van der Waals surface area contributed by atoms with Gasteiger partial charge >= 0.3 is 0 Å². The Kier molecular flexibility index (Phi) is 3.21. The molecule has 0 fully saturated rings. The SMILES string of the molecule is Cc1nnc(Sc2cc([C@H](C)N)ccn2)o1. The van der Waals surface area contributed by atoms with Gasteiger partial charge in [-0.15, -0.1) is 10.2 Å². The van der Waals surface area contributed by atoms with Crippen molar-refractivity contribution in [1.82, 2.24) is 15.2 Å². The topological polar surface area (TPSA) is 77.8 Å². The highest BCUT2D eigenvalue weighted by atomic mass is 32.2. The maximum atomic E-state index is 5.79. The summed E-state index contributed by atoms with van der Waals surface area (Å²) in [6.07, 6.45) is 1.73. The number of hydrogen-bond donors (Lipinski definition) is 1. The van der Waals surface area contributed by atoms with Gasteiger partial charge < -0.3 is 10.2 Å². The number of pyridine rings is 1. The Bertz CT molecular complexity index is 483. The molecule has 0 saturated heterocycles. The molecule has 2 aromatic rings. The molecule has 0 radical (unpaired) electrons. The van der Waals surface area contributed by atoms with Gasteiger partial charge in [0.05, 0.1) is 0 Å². The Morgan fingerprint density at radius 3 is 2.88 bits per heavy atom. The summed E-state index contributed by atoms with van der Waals surface area (Å²) in [4.78, 5) is 4.21. The molecule has 5 nitrogen and oxygen atoms in total. The van der Waals surface area contributed by atoms with Gasteiger partial charge in [-0.25, -0.2) is 4.98 Å². The van der Waals surface area contributed by atoms with Gasteiger partial charge in [0.15, 0.2) is 0 Å². The van der Waals surface area contributed by atoms with Crippen LogP contribution in [-0.4, -0.2) is 15.2 Å². The van der Waals surface area contributed by atoms with E-state index in [2.05, 4.69) is 15.2 Å². The van der Waals surface area contributed by atoms with E-state index < -0.39 is 0 Å². The molecule has 2 N–H and O–H groups in total. The zero-order valence-corrected chi connectivity index (χ0v) is 9.86. The van der Waals surface area contributed by atoms with Gasteiger partial charge in [-0.2, -0.15) is 0 Å². The summed E-state index contributed by atoms with van der Waals surface area (Å²) in [6.45, 7) is 3.68. The molecule has 1 atom stereocenters. The molecule has 0 amide bonds. The number of nitrogens with two attached hydrogens (primary N) is 1. The average molecular weight is 236 g/mol. The molecule has 84 valence electrons. The van der Waals surface area contributed by atoms with Crippen molar-refractivity contribution in [2.24, 2.45) is 5.73 Å². The van der Waals surface area contributed by atoms with E-state index in [0.29, 0.717) is 11.1 Å². The third-order valence-corrected chi connectivity index (χ3v) is 2.76. The summed E-state index contributed by atoms with van der Waals surface area (Å²) < 4.78 is 5.26. The Labute approximate surface area is 97.5 Å². The first kappa shape index (κ1) is 11.1. The lowest BCUT2D eigenvalue weighted by atomic mass is 10.1. The highest BCUT2D eigenvalue weighted by Crippen LogP contribution is 2.25. The van der Waals surface area contributed by atoms with Gasteiger partial charge in [0, 0.05) is 19.2 Å². The van der Waals surface area contributed by atoms with E-state index in [1.807, 2.05) is 19.1 Å². The lowest BCUT2D eigenvalue weighted by molar-refractivity contribution is 0.429. The standard InChI is InChI=1S/C10H12N4OS/c1-6(11)8-3-4-12-9(5-8)16-10-14-13-7(2)15-10/h3-6H,11H2,1-2H3/t6-/m0/s1. The molecule has 0 saturated carbocycles. The van der Waals surface area contributed by atoms with Crippen LogP contribution < -0.4 is 5.73 Å². The van der Waals surface area contributed by atoms with Crippen LogP contribution in [0.2, 0.25) is 0 Å². The first-order valence-corrected chi connectivity index (χ1v) is 5.66. The highest BCUT2D eigenvalue weighted by Gasteiger charge is 2.07. The van der Waals surface area contributed by atoms with Gasteiger partial charge in [-0.1, -0.05) is 0 Å². The van der Waals surface area contributed by atoms with E-state index in [0.717, 1.165) is 10.6 Å². The minimum Gasteiger partial charge on any atom is -0.416 e. The van der Waals surface area contributed by atoms with E-state index >= 15 is 0 Å². The Hall–Kier alpha value is -1.40. The summed E-state index contributed by atoms with van der Waals surface area (Å²) in [5.41, 5.74) is 6.83. The van der Waals surface area contributed by atoms with Crippen LogP contribution in [0.15, 0.2) is 33.0 Å². The molecular weight excluding hydrogens is 224 g/mol. The first-order chi connectivity index (χ1) is 7.65. The Balaban J connectivity index is 2.18. The number of aromatic nitrogens is 3. The van der Waals surface area contributed by atoms with Crippen LogP contribution in [-0.2, 0) is 0 Å². The molecule has 0 aromatic carbocycles. The predicted molar refractivity (Wildman–Crippen MR) is 60.0 cm³/mol. The van der Waals surface area contributed by atoms with E-state index in [4.69, 9.17) is 10.2 Å². The molecular formula is C10H12N4OS. The van der Waals surface area contributed by atoms with E-state index in [9.17, 15) is 0 Å². The average Bonchev–Trinajstić information content (AvgIpc) is 2.64. The molecule has 16 heavy (non-hydrogen) atoms. The van der Waals surface area contributed by atoms with Gasteiger partial charge in [-0.05, 0) is 36.4 Å². The van der Waals surface area contributed by atoms with Crippen molar-refractivity contribution in [2.45, 2.75) is 30.1 Å². The molecule has 0 aliphatic heterocycles. The van der Waals surface area contributed by atoms with E-state index in [1.165, 1.54) is 11.8 Å². The van der Waals surface area contributed by atoms with Crippen LogP contribution in [0.4, 0.5) is 0 Å². The fraction of sp³-hybridized carbons (Fsp3) is 0.300. The number of nitrogens with zero attached hydrogens (tertiary/aromatic N) is 3. The Morgan fingerprint density at radius 1 is 1.44 bits per heavy atom. The van der Waals surface area contributed by atoms with Gasteiger partial charge in [0.1, 0.15) is 5.03 Å². The molecule has 0 aliphatic rings. The molecule has 2 aromatic heterocycles. The molecule has 2 rings (SSSR count). The molecule has 6 heteroatoms. The second-order valence-corrected chi connectivity index (χ2v) is 4.38. The molecule has 0 bridgehead atoms. The van der Waals surface area contributed by atoms with Crippen molar-refractivity contribution in [3.05, 3.63) is 29.8 Å². The van der Waals surface area contributed by atoms with Crippen LogP contribution in [0.25, 0.3) is 0 Å². The zero-order valence-electron chi connectivity index (χ0n) is 9.04. The summed E-state index contributed by atoms with van der Waals surface area (Å²) >= 11 is 1.33. The Morgan fingerprint density at radius 2 is 2.25 bits per heavy atom. The molecule has 2 heterocycles.